The summed E-state index contributed by atoms with van der Waals surface area (Å²) in [6, 6.07) is 0. The lowest BCUT2D eigenvalue weighted by molar-refractivity contribution is 0.0964. The summed E-state index contributed by atoms with van der Waals surface area (Å²) in [7, 11) is 1.62. The number of nitrogens with one attached hydrogen (secondary N) is 1. The molecule has 2 rings (SSSR count). The van der Waals surface area contributed by atoms with Crippen LogP contribution in [0.4, 0.5) is 10.8 Å². The third-order valence-corrected chi connectivity index (χ3v) is 4.46. The Bertz CT molecular complexity index is 432. The molecule has 0 spiro atoms. The van der Waals surface area contributed by atoms with Gasteiger partial charge in [0.1, 0.15) is 10.6 Å². The van der Waals surface area contributed by atoms with Gasteiger partial charge in [0.15, 0.2) is 5.82 Å². The van der Waals surface area contributed by atoms with Gasteiger partial charge in [-0.15, -0.1) is 0 Å². The summed E-state index contributed by atoms with van der Waals surface area (Å²) in [5.74, 6) is 0.905. The fourth-order valence-electron chi connectivity index (χ4n) is 2.43. The third-order valence-electron chi connectivity index (χ3n) is 3.54. The highest BCUT2D eigenvalue weighted by molar-refractivity contribution is 7.11. The molecule has 3 N–H and O–H groups in total. The first kappa shape index (κ1) is 13.1. The van der Waals surface area contributed by atoms with Crippen molar-refractivity contribution in [1.82, 2.24) is 9.69 Å². The normalized spacial score (nSPS) is 19.9. The monoisotopic (exact) mass is 268 g/mol. The van der Waals surface area contributed by atoms with E-state index in [1.807, 2.05) is 0 Å². The zero-order chi connectivity index (χ0) is 13.1. The number of aromatic nitrogens is 1. The van der Waals surface area contributed by atoms with Gasteiger partial charge in [-0.1, -0.05) is 13.3 Å². The van der Waals surface area contributed by atoms with Crippen molar-refractivity contribution in [3.05, 3.63) is 5.56 Å². The molecule has 1 unspecified atom stereocenters. The molecule has 1 aliphatic heterocycles. The topological polar surface area (TPSA) is 71.2 Å². The number of nitrogens with zero attached hydrogens (tertiary/aromatic N) is 2. The molecular weight excluding hydrogens is 248 g/mol. The van der Waals surface area contributed by atoms with Crippen LogP contribution in [0.5, 0.6) is 0 Å². The van der Waals surface area contributed by atoms with Crippen LogP contribution >= 0.6 is 11.5 Å². The fourth-order valence-corrected chi connectivity index (χ4v) is 3.28. The van der Waals surface area contributed by atoms with Gasteiger partial charge in [0.25, 0.3) is 5.91 Å². The summed E-state index contributed by atoms with van der Waals surface area (Å²) in [5.41, 5.74) is 6.34. The second-order valence-electron chi connectivity index (χ2n) is 4.69. The first-order chi connectivity index (χ1) is 8.67. The minimum Gasteiger partial charge on any atom is -0.382 e. The minimum atomic E-state index is -0.144. The Morgan fingerprint density at radius 1 is 1.67 bits per heavy atom. The number of anilines is 2. The Labute approximate surface area is 112 Å². The Kier molecular flexibility index (Phi) is 4.06. The Balaban J connectivity index is 2.25. The van der Waals surface area contributed by atoms with Crippen molar-refractivity contribution < 1.29 is 4.79 Å². The molecule has 1 atom stereocenters. The molecule has 1 saturated heterocycles. The number of hydrogen-bond acceptors (Lipinski definition) is 5. The summed E-state index contributed by atoms with van der Waals surface area (Å²) < 4.78 is 4.13. The van der Waals surface area contributed by atoms with Crippen molar-refractivity contribution in [2.24, 2.45) is 5.92 Å². The zero-order valence-corrected chi connectivity index (χ0v) is 11.7. The van der Waals surface area contributed by atoms with Gasteiger partial charge in [-0.3, -0.25) is 4.79 Å². The molecule has 5 nitrogen and oxygen atoms in total. The average molecular weight is 268 g/mol. The maximum Gasteiger partial charge on any atom is 0.257 e. The second kappa shape index (κ2) is 5.56. The molecule has 1 amide bonds. The smallest absolute Gasteiger partial charge is 0.257 e. The molecule has 1 aromatic heterocycles. The Morgan fingerprint density at radius 3 is 3.11 bits per heavy atom. The highest BCUT2D eigenvalue weighted by atomic mass is 32.1. The molecule has 1 aromatic rings. The fraction of sp³-hybridized carbons (Fsp3) is 0.667. The van der Waals surface area contributed by atoms with Gasteiger partial charge in [0.05, 0.1) is 0 Å². The van der Waals surface area contributed by atoms with E-state index in [1.54, 1.807) is 7.05 Å². The van der Waals surface area contributed by atoms with E-state index in [-0.39, 0.29) is 5.91 Å². The van der Waals surface area contributed by atoms with Crippen LogP contribution in [0.2, 0.25) is 0 Å². The molecule has 0 bridgehead atoms. The number of carbonyl (C=O) groups is 1. The van der Waals surface area contributed by atoms with Crippen LogP contribution in [0, 0.1) is 5.92 Å². The van der Waals surface area contributed by atoms with Crippen molar-refractivity contribution >= 4 is 28.3 Å². The van der Waals surface area contributed by atoms with Gasteiger partial charge in [-0.2, -0.15) is 4.37 Å². The summed E-state index contributed by atoms with van der Waals surface area (Å²) >= 11 is 1.33. The van der Waals surface area contributed by atoms with E-state index in [2.05, 4.69) is 21.5 Å². The van der Waals surface area contributed by atoms with Crippen molar-refractivity contribution in [1.29, 1.82) is 0 Å². The van der Waals surface area contributed by atoms with Gasteiger partial charge in [-0.05, 0) is 30.3 Å². The number of carbonyl (C=O) groups excluding carboxylic acids is 1. The molecule has 100 valence electrons. The van der Waals surface area contributed by atoms with Gasteiger partial charge in [0, 0.05) is 20.1 Å². The van der Waals surface area contributed by atoms with Crippen molar-refractivity contribution in [2.75, 3.05) is 30.8 Å². The maximum atomic E-state index is 11.9. The lowest BCUT2D eigenvalue weighted by atomic mass is 9.96. The van der Waals surface area contributed by atoms with Crippen LogP contribution in [-0.2, 0) is 0 Å². The number of rotatable bonds is 3. The quantitative estimate of drug-likeness (QED) is 0.875. The van der Waals surface area contributed by atoms with Crippen LogP contribution in [0.25, 0.3) is 0 Å². The van der Waals surface area contributed by atoms with E-state index >= 15 is 0 Å². The van der Waals surface area contributed by atoms with Crippen LogP contribution in [0.1, 0.15) is 36.5 Å². The molecule has 1 aliphatic rings. The van der Waals surface area contributed by atoms with Crippen LogP contribution in [0.15, 0.2) is 0 Å². The molecule has 0 saturated carbocycles. The van der Waals surface area contributed by atoms with E-state index in [1.165, 1.54) is 30.8 Å². The van der Waals surface area contributed by atoms with Gasteiger partial charge in [-0.25, -0.2) is 0 Å². The van der Waals surface area contributed by atoms with Crippen LogP contribution in [0.3, 0.4) is 0 Å². The average Bonchev–Trinajstić information content (AvgIpc) is 2.80. The molecule has 2 heterocycles. The van der Waals surface area contributed by atoms with Gasteiger partial charge in [0.2, 0.25) is 0 Å². The number of nitrogen functional groups attached to an aromatic ring is 1. The molecule has 0 aliphatic carbocycles. The highest BCUT2D eigenvalue weighted by Crippen LogP contribution is 2.33. The number of hydrogen-bond donors (Lipinski definition) is 2. The lowest BCUT2D eigenvalue weighted by Gasteiger charge is -2.33. The second-order valence-corrected chi connectivity index (χ2v) is 5.44. The third kappa shape index (κ3) is 2.43. The van der Waals surface area contributed by atoms with E-state index in [4.69, 9.17) is 5.73 Å². The summed E-state index contributed by atoms with van der Waals surface area (Å²) in [6.45, 7) is 4.21. The van der Waals surface area contributed by atoms with Crippen molar-refractivity contribution in [3.63, 3.8) is 0 Å². The molecule has 0 aromatic carbocycles. The van der Waals surface area contributed by atoms with E-state index < -0.39 is 0 Å². The standard InChI is InChI=1S/C12H20N4OS/c1-3-8-5-4-6-16(7-8)12-9(11(17)14-2)10(13)15-18-12/h8H,3-7H2,1-2H3,(H2,13,15)(H,14,17). The number of piperidine rings is 1. The van der Waals surface area contributed by atoms with Gasteiger partial charge >= 0.3 is 0 Å². The SMILES string of the molecule is CCC1CCCN(c2snc(N)c2C(=O)NC)C1. The summed E-state index contributed by atoms with van der Waals surface area (Å²) in [5, 5.41) is 3.56. The van der Waals surface area contributed by atoms with E-state index in [9.17, 15) is 4.79 Å². The van der Waals surface area contributed by atoms with Crippen LogP contribution < -0.4 is 16.0 Å². The summed E-state index contributed by atoms with van der Waals surface area (Å²) in [4.78, 5) is 14.1. The van der Waals surface area contributed by atoms with Crippen LogP contribution in [-0.4, -0.2) is 30.4 Å². The van der Waals surface area contributed by atoms with E-state index in [0.29, 0.717) is 17.3 Å². The highest BCUT2D eigenvalue weighted by Gasteiger charge is 2.26. The molecule has 6 heteroatoms. The first-order valence-corrected chi connectivity index (χ1v) is 7.16. The Morgan fingerprint density at radius 2 is 2.44 bits per heavy atom. The summed E-state index contributed by atoms with van der Waals surface area (Å²) in [6.07, 6.45) is 3.63. The van der Waals surface area contributed by atoms with E-state index in [0.717, 1.165) is 18.1 Å². The molecule has 18 heavy (non-hydrogen) atoms. The predicted octanol–water partition coefficient (Wildman–Crippen LogP) is 1.71. The predicted molar refractivity (Wildman–Crippen MR) is 75.1 cm³/mol. The first-order valence-electron chi connectivity index (χ1n) is 6.39. The largest absolute Gasteiger partial charge is 0.382 e. The maximum absolute atomic E-state index is 11.9. The molecular formula is C12H20N4OS. The minimum absolute atomic E-state index is 0.144. The van der Waals surface area contributed by atoms with Crippen molar-refractivity contribution in [2.45, 2.75) is 26.2 Å². The molecule has 0 radical (unpaired) electrons. The lowest BCUT2D eigenvalue weighted by Crippen LogP contribution is -2.36. The molecule has 1 fully saturated rings. The Hall–Kier alpha value is -1.30. The number of amides is 1. The zero-order valence-electron chi connectivity index (χ0n) is 10.9. The van der Waals surface area contributed by atoms with Crippen molar-refractivity contribution in [3.8, 4) is 0 Å². The number of nitrogens with two attached hydrogens (primary N) is 1. The van der Waals surface area contributed by atoms with Gasteiger partial charge < -0.3 is 16.0 Å².